The van der Waals surface area contributed by atoms with Crippen molar-refractivity contribution in [2.24, 2.45) is 0 Å². The van der Waals surface area contributed by atoms with Crippen LogP contribution in [-0.4, -0.2) is 21.7 Å². The van der Waals surface area contributed by atoms with E-state index in [0.717, 1.165) is 5.56 Å². The lowest BCUT2D eigenvalue weighted by molar-refractivity contribution is 0.297. The van der Waals surface area contributed by atoms with E-state index in [-0.39, 0.29) is 22.8 Å². The molecule has 0 saturated heterocycles. The van der Waals surface area contributed by atoms with Gasteiger partial charge in [-0.25, -0.2) is 4.98 Å². The Morgan fingerprint density at radius 1 is 1.22 bits per heavy atom. The van der Waals surface area contributed by atoms with E-state index in [1.54, 1.807) is 6.07 Å². The van der Waals surface area contributed by atoms with Crippen molar-refractivity contribution in [2.45, 2.75) is 6.42 Å². The second-order valence-corrected chi connectivity index (χ2v) is 4.22. The monoisotopic (exact) mass is 284 g/mol. The van der Waals surface area contributed by atoms with Crippen LogP contribution >= 0.6 is 23.2 Å². The number of para-hydroxylation sites is 1. The molecule has 1 heterocycles. The summed E-state index contributed by atoms with van der Waals surface area (Å²) in [5, 5.41) is 9.32. The van der Waals surface area contributed by atoms with Crippen molar-refractivity contribution in [2.75, 3.05) is 6.61 Å². The van der Waals surface area contributed by atoms with Crippen LogP contribution in [0, 0.1) is 0 Å². The fraction of sp³-hybridized carbons (Fsp3) is 0.167. The first kappa shape index (κ1) is 13.1. The summed E-state index contributed by atoms with van der Waals surface area (Å²) < 4.78 is 5.60. The minimum atomic E-state index is 0.0403. The Balaban J connectivity index is 2.30. The average Bonchev–Trinajstić information content (AvgIpc) is 2.36. The van der Waals surface area contributed by atoms with Gasteiger partial charge in [-0.3, -0.25) is 0 Å². The molecule has 1 N–H and O–H groups in total. The molecular formula is C12H10Cl2N2O2. The van der Waals surface area contributed by atoms with Crippen molar-refractivity contribution in [3.05, 3.63) is 46.3 Å². The maximum Gasteiger partial charge on any atom is 0.242 e. The zero-order chi connectivity index (χ0) is 13.0. The fourth-order valence-electron chi connectivity index (χ4n) is 1.44. The largest absolute Gasteiger partial charge is 0.437 e. The van der Waals surface area contributed by atoms with Crippen molar-refractivity contribution in [3.8, 4) is 11.6 Å². The molecule has 0 saturated carbocycles. The van der Waals surface area contributed by atoms with Crippen LogP contribution in [0.25, 0.3) is 0 Å². The predicted molar refractivity (Wildman–Crippen MR) is 69.4 cm³/mol. The first-order valence-electron chi connectivity index (χ1n) is 5.25. The van der Waals surface area contributed by atoms with E-state index in [1.165, 1.54) is 6.20 Å². The van der Waals surface area contributed by atoms with Crippen molar-refractivity contribution in [1.82, 2.24) is 9.97 Å². The van der Waals surface area contributed by atoms with Crippen molar-refractivity contribution in [3.63, 3.8) is 0 Å². The Bertz CT molecular complexity index is 549. The lowest BCUT2D eigenvalue weighted by Crippen LogP contribution is -1.97. The number of nitrogens with zero attached hydrogens (tertiary/aromatic N) is 2. The maximum atomic E-state index is 8.98. The highest BCUT2D eigenvalue weighted by molar-refractivity contribution is 6.32. The Kier molecular flexibility index (Phi) is 4.36. The normalized spacial score (nSPS) is 10.4. The maximum absolute atomic E-state index is 8.98. The van der Waals surface area contributed by atoms with Gasteiger partial charge in [-0.1, -0.05) is 29.8 Å². The van der Waals surface area contributed by atoms with E-state index in [2.05, 4.69) is 9.97 Å². The van der Waals surface area contributed by atoms with E-state index < -0.39 is 0 Å². The van der Waals surface area contributed by atoms with Crippen LogP contribution < -0.4 is 4.74 Å². The van der Waals surface area contributed by atoms with E-state index in [0.29, 0.717) is 12.2 Å². The third kappa shape index (κ3) is 3.10. The lowest BCUT2D eigenvalue weighted by Gasteiger charge is -2.10. The van der Waals surface area contributed by atoms with Gasteiger partial charge in [-0.05, 0) is 29.7 Å². The Morgan fingerprint density at radius 2 is 2.00 bits per heavy atom. The molecule has 94 valence electrons. The quantitative estimate of drug-likeness (QED) is 0.877. The third-order valence-electron chi connectivity index (χ3n) is 2.24. The summed E-state index contributed by atoms with van der Waals surface area (Å²) in [6, 6.07) is 7.33. The number of hydrogen-bond acceptors (Lipinski definition) is 4. The van der Waals surface area contributed by atoms with Gasteiger partial charge in [0.2, 0.25) is 11.2 Å². The van der Waals surface area contributed by atoms with Gasteiger partial charge in [0.05, 0.1) is 6.20 Å². The molecule has 4 nitrogen and oxygen atoms in total. The Morgan fingerprint density at radius 3 is 2.78 bits per heavy atom. The third-order valence-corrected chi connectivity index (χ3v) is 2.68. The summed E-state index contributed by atoms with van der Waals surface area (Å²) in [6.45, 7) is 0.0403. The molecule has 18 heavy (non-hydrogen) atoms. The smallest absolute Gasteiger partial charge is 0.242 e. The highest BCUT2D eigenvalue weighted by Crippen LogP contribution is 2.29. The number of aromatic nitrogens is 2. The summed E-state index contributed by atoms with van der Waals surface area (Å²) >= 11 is 11.6. The highest BCUT2D eigenvalue weighted by Gasteiger charge is 2.09. The van der Waals surface area contributed by atoms with Crippen molar-refractivity contribution in [1.29, 1.82) is 0 Å². The van der Waals surface area contributed by atoms with E-state index in [9.17, 15) is 0 Å². The van der Waals surface area contributed by atoms with Crippen LogP contribution in [0.4, 0.5) is 0 Å². The number of ether oxygens (including phenoxy) is 1. The predicted octanol–water partition coefficient (Wildman–Crippen LogP) is 3.11. The Labute approximate surface area is 114 Å². The molecule has 2 rings (SSSR count). The van der Waals surface area contributed by atoms with Crippen LogP contribution in [0.15, 0.2) is 30.5 Å². The molecule has 0 bridgehead atoms. The van der Waals surface area contributed by atoms with Crippen molar-refractivity contribution >= 4 is 23.2 Å². The summed E-state index contributed by atoms with van der Waals surface area (Å²) in [5.41, 5.74) is 0.866. The zero-order valence-corrected chi connectivity index (χ0v) is 10.8. The second kappa shape index (κ2) is 6.00. The molecule has 0 unspecified atom stereocenters. The zero-order valence-electron chi connectivity index (χ0n) is 9.31. The summed E-state index contributed by atoms with van der Waals surface area (Å²) in [6.07, 6.45) is 1.87. The van der Waals surface area contributed by atoms with Crippen molar-refractivity contribution < 1.29 is 9.84 Å². The van der Waals surface area contributed by atoms with Gasteiger partial charge in [0.1, 0.15) is 10.8 Å². The van der Waals surface area contributed by atoms with Gasteiger partial charge in [0.15, 0.2) is 0 Å². The second-order valence-electron chi connectivity index (χ2n) is 3.48. The molecule has 0 amide bonds. The molecule has 0 fully saturated rings. The average molecular weight is 285 g/mol. The number of aliphatic hydroxyl groups is 1. The SMILES string of the molecule is OCCc1ccccc1Oc1nc(Cl)ncc1Cl. The summed E-state index contributed by atoms with van der Waals surface area (Å²) in [5.74, 6) is 0.783. The number of aliphatic hydroxyl groups excluding tert-OH is 1. The van der Waals surface area contributed by atoms with Crippen LogP contribution in [0.3, 0.4) is 0 Å². The van der Waals surface area contributed by atoms with Gasteiger partial charge in [-0.15, -0.1) is 0 Å². The van der Waals surface area contributed by atoms with Crippen LogP contribution in [0.5, 0.6) is 11.6 Å². The Hall–Kier alpha value is -1.36. The molecule has 0 radical (unpaired) electrons. The number of benzene rings is 1. The van der Waals surface area contributed by atoms with Gasteiger partial charge in [0, 0.05) is 6.61 Å². The van der Waals surface area contributed by atoms with Crippen LogP contribution in [0.1, 0.15) is 5.56 Å². The number of rotatable bonds is 4. The summed E-state index contributed by atoms with van der Waals surface area (Å²) in [4.78, 5) is 7.65. The van der Waals surface area contributed by atoms with Gasteiger partial charge in [-0.2, -0.15) is 4.98 Å². The molecule has 1 aromatic heterocycles. The van der Waals surface area contributed by atoms with E-state index in [4.69, 9.17) is 33.0 Å². The minimum absolute atomic E-state index is 0.0403. The van der Waals surface area contributed by atoms with Crippen LogP contribution in [-0.2, 0) is 6.42 Å². The molecule has 0 spiro atoms. The topological polar surface area (TPSA) is 55.2 Å². The number of hydrogen-bond donors (Lipinski definition) is 1. The fourth-order valence-corrected chi connectivity index (χ4v) is 1.69. The molecule has 0 aliphatic rings. The molecule has 0 aliphatic carbocycles. The standard InChI is InChI=1S/C12H10Cl2N2O2/c13-9-7-15-12(14)16-11(9)18-10-4-2-1-3-8(10)5-6-17/h1-4,7,17H,5-6H2. The molecule has 0 aliphatic heterocycles. The molecular weight excluding hydrogens is 275 g/mol. The van der Waals surface area contributed by atoms with Gasteiger partial charge in [0.25, 0.3) is 0 Å². The molecule has 0 atom stereocenters. The van der Waals surface area contributed by atoms with Gasteiger partial charge >= 0.3 is 0 Å². The van der Waals surface area contributed by atoms with Crippen LogP contribution in [0.2, 0.25) is 10.3 Å². The minimum Gasteiger partial charge on any atom is -0.437 e. The lowest BCUT2D eigenvalue weighted by atomic mass is 10.1. The van der Waals surface area contributed by atoms with E-state index >= 15 is 0 Å². The molecule has 6 heteroatoms. The van der Waals surface area contributed by atoms with Gasteiger partial charge < -0.3 is 9.84 Å². The first-order valence-corrected chi connectivity index (χ1v) is 6.01. The van der Waals surface area contributed by atoms with E-state index in [1.807, 2.05) is 18.2 Å². The summed E-state index contributed by atoms with van der Waals surface area (Å²) in [7, 11) is 0. The number of halogens is 2. The highest BCUT2D eigenvalue weighted by atomic mass is 35.5. The molecule has 1 aromatic carbocycles. The molecule has 2 aromatic rings. The first-order chi connectivity index (χ1) is 8.70.